The number of carbonyl (C=O) groups is 1. The Morgan fingerprint density at radius 2 is 2.31 bits per heavy atom. The minimum atomic E-state index is -1.13. The summed E-state index contributed by atoms with van der Waals surface area (Å²) in [5, 5.41) is 27.3. The maximum absolute atomic E-state index is 10.6. The summed E-state index contributed by atoms with van der Waals surface area (Å²) >= 11 is 0. The van der Waals surface area contributed by atoms with E-state index in [9.17, 15) is 9.90 Å². The molecule has 0 aromatic carbocycles. The van der Waals surface area contributed by atoms with E-state index in [-0.39, 0.29) is 13.2 Å². The molecule has 0 bridgehead atoms. The highest BCUT2D eigenvalue weighted by Gasteiger charge is 2.39. The molecule has 0 radical (unpaired) electrons. The van der Waals surface area contributed by atoms with E-state index in [1.165, 1.54) is 6.92 Å². The minimum absolute atomic E-state index is 0.110. The highest BCUT2D eigenvalue weighted by atomic mass is 16.6. The van der Waals surface area contributed by atoms with Gasteiger partial charge in [0.05, 0.1) is 19.3 Å². The summed E-state index contributed by atoms with van der Waals surface area (Å²) in [6.07, 6.45) is -3.83. The van der Waals surface area contributed by atoms with Crippen LogP contribution in [0.5, 0.6) is 0 Å². The molecule has 1 aliphatic heterocycles. The van der Waals surface area contributed by atoms with E-state index in [1.54, 1.807) is 0 Å². The Kier molecular flexibility index (Phi) is 4.63. The molecule has 0 amide bonds. The van der Waals surface area contributed by atoms with Crippen molar-refractivity contribution in [2.75, 3.05) is 13.2 Å². The molecule has 1 rings (SSSR count). The Balaban J connectivity index is 2.63. The lowest BCUT2D eigenvalue weighted by molar-refractivity contribution is -0.193. The van der Waals surface area contributed by atoms with Crippen molar-refractivity contribution in [3.63, 3.8) is 0 Å². The zero-order valence-electron chi connectivity index (χ0n) is 8.94. The van der Waals surface area contributed by atoms with Gasteiger partial charge >= 0.3 is 5.97 Å². The molecule has 1 fully saturated rings. The molecule has 5 atom stereocenters. The van der Waals surface area contributed by atoms with Gasteiger partial charge in [0.2, 0.25) is 0 Å². The van der Waals surface area contributed by atoms with Crippen LogP contribution in [0.1, 0.15) is 6.92 Å². The number of ether oxygens (including phenoxy) is 2. The molecule has 7 heteroatoms. The van der Waals surface area contributed by atoms with Crippen LogP contribution in [0.4, 0.5) is 0 Å². The molecule has 0 aromatic heterocycles. The van der Waals surface area contributed by atoms with Crippen LogP contribution in [0.3, 0.4) is 0 Å². The highest BCUT2D eigenvalue weighted by Crippen LogP contribution is 2.18. The summed E-state index contributed by atoms with van der Waals surface area (Å²) in [5.41, 5.74) is 5.65. The average molecular weight is 235 g/mol. The molecular weight excluding hydrogens is 218 g/mol. The SMILES string of the molecule is C[C@@H](O[C@H]1[C@H](O)[C@@H](CO)OC[C@@H]1N)C(=O)O. The smallest absolute Gasteiger partial charge is 0.332 e. The molecule has 1 heterocycles. The minimum Gasteiger partial charge on any atom is -0.479 e. The number of aliphatic hydroxyl groups excluding tert-OH is 2. The van der Waals surface area contributed by atoms with Crippen LogP contribution in [0, 0.1) is 0 Å². The predicted molar refractivity (Wildman–Crippen MR) is 52.8 cm³/mol. The number of nitrogens with two attached hydrogens (primary N) is 1. The quantitative estimate of drug-likeness (QED) is 0.441. The lowest BCUT2D eigenvalue weighted by atomic mass is 9.98. The van der Waals surface area contributed by atoms with E-state index in [1.807, 2.05) is 0 Å². The van der Waals surface area contributed by atoms with Gasteiger partial charge in [-0.15, -0.1) is 0 Å². The molecule has 0 aliphatic carbocycles. The zero-order chi connectivity index (χ0) is 12.3. The molecule has 0 saturated carbocycles. The summed E-state index contributed by atoms with van der Waals surface area (Å²) in [6.45, 7) is 1.10. The van der Waals surface area contributed by atoms with Crippen molar-refractivity contribution >= 4 is 5.97 Å². The lowest BCUT2D eigenvalue weighted by Gasteiger charge is -2.38. The number of carboxylic acids is 1. The van der Waals surface area contributed by atoms with E-state index < -0.39 is 36.4 Å². The first kappa shape index (κ1) is 13.3. The van der Waals surface area contributed by atoms with Gasteiger partial charge in [-0.3, -0.25) is 0 Å². The standard InChI is InChI=1S/C9H17NO6/c1-4(9(13)14)16-8-5(10)3-15-6(2-11)7(8)12/h4-8,11-12H,2-3,10H2,1H3,(H,13,14)/t4-,5+,6-,7-,8-/m1/s1. The third kappa shape index (κ3) is 2.89. The first-order chi connectivity index (χ1) is 7.47. The Labute approximate surface area is 92.8 Å². The Hall–Kier alpha value is -0.730. The van der Waals surface area contributed by atoms with Crippen LogP contribution < -0.4 is 5.73 Å². The largest absolute Gasteiger partial charge is 0.479 e. The van der Waals surface area contributed by atoms with Crippen molar-refractivity contribution in [2.45, 2.75) is 37.4 Å². The van der Waals surface area contributed by atoms with Crippen LogP contribution in [-0.2, 0) is 14.3 Å². The zero-order valence-corrected chi connectivity index (χ0v) is 8.94. The molecule has 0 spiro atoms. The van der Waals surface area contributed by atoms with Gasteiger partial charge in [-0.05, 0) is 6.92 Å². The first-order valence-corrected chi connectivity index (χ1v) is 5.01. The summed E-state index contributed by atoms with van der Waals surface area (Å²) in [4.78, 5) is 10.6. The fourth-order valence-corrected chi connectivity index (χ4v) is 1.53. The molecule has 7 nitrogen and oxygen atoms in total. The predicted octanol–water partition coefficient (Wildman–Crippen LogP) is -2.08. The number of aliphatic carboxylic acids is 1. The number of hydrogen-bond acceptors (Lipinski definition) is 6. The second-order valence-corrected chi connectivity index (χ2v) is 3.79. The molecule has 1 aliphatic rings. The number of aliphatic hydroxyl groups is 2. The third-order valence-corrected chi connectivity index (χ3v) is 2.53. The summed E-state index contributed by atoms with van der Waals surface area (Å²) < 4.78 is 10.2. The van der Waals surface area contributed by atoms with E-state index in [2.05, 4.69) is 0 Å². The second-order valence-electron chi connectivity index (χ2n) is 3.79. The highest BCUT2D eigenvalue weighted by molar-refractivity contribution is 5.71. The van der Waals surface area contributed by atoms with Crippen LogP contribution in [0.2, 0.25) is 0 Å². The summed E-state index contributed by atoms with van der Waals surface area (Å²) in [6, 6.07) is -0.611. The molecule has 94 valence electrons. The van der Waals surface area contributed by atoms with E-state index in [0.717, 1.165) is 0 Å². The normalized spacial score (nSPS) is 37.0. The summed E-state index contributed by atoms with van der Waals surface area (Å²) in [5.74, 6) is -1.13. The van der Waals surface area contributed by atoms with Gasteiger partial charge in [0.25, 0.3) is 0 Å². The molecular formula is C9H17NO6. The number of hydrogen-bond donors (Lipinski definition) is 4. The van der Waals surface area contributed by atoms with Crippen molar-refractivity contribution in [1.82, 2.24) is 0 Å². The maximum Gasteiger partial charge on any atom is 0.332 e. The lowest BCUT2D eigenvalue weighted by Crippen LogP contribution is -2.59. The average Bonchev–Trinajstić information content (AvgIpc) is 2.24. The van der Waals surface area contributed by atoms with E-state index in [4.69, 9.17) is 25.4 Å². The number of carboxylic acid groups (broad SMARTS) is 1. The fraction of sp³-hybridized carbons (Fsp3) is 0.889. The van der Waals surface area contributed by atoms with Crippen molar-refractivity contribution in [3.05, 3.63) is 0 Å². The van der Waals surface area contributed by atoms with Crippen molar-refractivity contribution < 1.29 is 29.6 Å². The Morgan fingerprint density at radius 3 is 2.81 bits per heavy atom. The third-order valence-electron chi connectivity index (χ3n) is 2.53. The molecule has 1 saturated heterocycles. The van der Waals surface area contributed by atoms with Crippen LogP contribution in [-0.4, -0.2) is 65.0 Å². The van der Waals surface area contributed by atoms with Gasteiger partial charge in [0.15, 0.2) is 6.10 Å². The topological polar surface area (TPSA) is 122 Å². The van der Waals surface area contributed by atoms with Gasteiger partial charge in [0.1, 0.15) is 18.3 Å². The van der Waals surface area contributed by atoms with Gasteiger partial charge in [-0.1, -0.05) is 0 Å². The molecule has 5 N–H and O–H groups in total. The van der Waals surface area contributed by atoms with Crippen LogP contribution in [0.25, 0.3) is 0 Å². The van der Waals surface area contributed by atoms with Crippen LogP contribution in [0.15, 0.2) is 0 Å². The Bertz CT molecular complexity index is 248. The van der Waals surface area contributed by atoms with Gasteiger partial charge in [-0.2, -0.15) is 0 Å². The van der Waals surface area contributed by atoms with Gasteiger partial charge in [-0.25, -0.2) is 4.79 Å². The van der Waals surface area contributed by atoms with Crippen molar-refractivity contribution in [2.24, 2.45) is 5.73 Å². The maximum atomic E-state index is 10.6. The second kappa shape index (κ2) is 5.55. The van der Waals surface area contributed by atoms with E-state index >= 15 is 0 Å². The van der Waals surface area contributed by atoms with E-state index in [0.29, 0.717) is 0 Å². The van der Waals surface area contributed by atoms with Crippen LogP contribution >= 0.6 is 0 Å². The summed E-state index contributed by atoms with van der Waals surface area (Å²) in [7, 11) is 0. The first-order valence-electron chi connectivity index (χ1n) is 5.01. The molecule has 0 unspecified atom stereocenters. The van der Waals surface area contributed by atoms with Gasteiger partial charge < -0.3 is 30.5 Å². The monoisotopic (exact) mass is 235 g/mol. The molecule has 16 heavy (non-hydrogen) atoms. The number of rotatable bonds is 4. The van der Waals surface area contributed by atoms with Crippen molar-refractivity contribution in [1.29, 1.82) is 0 Å². The Morgan fingerprint density at radius 1 is 1.69 bits per heavy atom. The fourth-order valence-electron chi connectivity index (χ4n) is 1.53. The molecule has 0 aromatic rings. The van der Waals surface area contributed by atoms with Gasteiger partial charge in [0, 0.05) is 0 Å². The van der Waals surface area contributed by atoms with Crippen molar-refractivity contribution in [3.8, 4) is 0 Å².